The number of aryl methyl sites for hydroxylation is 2. The Morgan fingerprint density at radius 3 is 2.78 bits per heavy atom. The van der Waals surface area contributed by atoms with Gasteiger partial charge >= 0.3 is 0 Å². The highest BCUT2D eigenvalue weighted by molar-refractivity contribution is 7.13. The van der Waals surface area contributed by atoms with Crippen molar-refractivity contribution in [1.82, 2.24) is 15.3 Å². The van der Waals surface area contributed by atoms with Gasteiger partial charge < -0.3 is 9.05 Å². The van der Waals surface area contributed by atoms with Crippen LogP contribution in [0, 0.1) is 13.8 Å². The average Bonchev–Trinajstić information content (AvgIpc) is 3.06. The zero-order valence-electron chi connectivity index (χ0n) is 10.0. The fraction of sp³-hybridized carbons (Fsp3) is 0.250. The Labute approximate surface area is 107 Å². The Bertz CT molecular complexity index is 635. The highest BCUT2D eigenvalue weighted by Crippen LogP contribution is 2.23. The van der Waals surface area contributed by atoms with Gasteiger partial charge in [0.2, 0.25) is 11.7 Å². The molecule has 0 aliphatic carbocycles. The van der Waals surface area contributed by atoms with E-state index in [-0.39, 0.29) is 0 Å². The molecule has 0 saturated heterocycles. The predicted molar refractivity (Wildman–Crippen MR) is 66.4 cm³/mol. The lowest BCUT2D eigenvalue weighted by molar-refractivity contribution is 0.381. The van der Waals surface area contributed by atoms with Crippen LogP contribution in [0.4, 0.5) is 0 Å². The number of rotatable bonds is 3. The monoisotopic (exact) mass is 261 g/mol. The van der Waals surface area contributed by atoms with E-state index in [0.29, 0.717) is 18.1 Å². The lowest BCUT2D eigenvalue weighted by atomic mass is 10.1. The maximum absolute atomic E-state index is 5.25. The van der Waals surface area contributed by atoms with Gasteiger partial charge in [-0.2, -0.15) is 4.98 Å². The van der Waals surface area contributed by atoms with E-state index < -0.39 is 0 Å². The molecule has 92 valence electrons. The van der Waals surface area contributed by atoms with E-state index in [1.54, 1.807) is 11.3 Å². The van der Waals surface area contributed by atoms with Crippen molar-refractivity contribution >= 4 is 11.3 Å². The molecule has 0 spiro atoms. The van der Waals surface area contributed by atoms with Crippen molar-refractivity contribution in [3.05, 3.63) is 40.4 Å². The van der Waals surface area contributed by atoms with Gasteiger partial charge in [0, 0.05) is 5.56 Å². The summed E-state index contributed by atoms with van der Waals surface area (Å²) in [5.41, 5.74) is 1.87. The molecule has 0 unspecified atom stereocenters. The van der Waals surface area contributed by atoms with Gasteiger partial charge in [-0.25, -0.2) is 0 Å². The molecule has 0 aromatic carbocycles. The van der Waals surface area contributed by atoms with Crippen molar-refractivity contribution in [3.8, 4) is 10.7 Å². The van der Waals surface area contributed by atoms with Crippen molar-refractivity contribution in [2.75, 3.05) is 0 Å². The van der Waals surface area contributed by atoms with Crippen molar-refractivity contribution in [2.24, 2.45) is 0 Å². The first kappa shape index (κ1) is 11.2. The van der Waals surface area contributed by atoms with Crippen LogP contribution in [-0.2, 0) is 6.42 Å². The van der Waals surface area contributed by atoms with Crippen molar-refractivity contribution in [3.63, 3.8) is 0 Å². The van der Waals surface area contributed by atoms with Gasteiger partial charge in [-0.15, -0.1) is 11.3 Å². The normalized spacial score (nSPS) is 11.0. The van der Waals surface area contributed by atoms with Gasteiger partial charge in [-0.3, -0.25) is 0 Å². The van der Waals surface area contributed by atoms with E-state index in [9.17, 15) is 0 Å². The lowest BCUT2D eigenvalue weighted by Gasteiger charge is -1.92. The summed E-state index contributed by atoms with van der Waals surface area (Å²) in [6.07, 6.45) is 0.555. The lowest BCUT2D eigenvalue weighted by Crippen LogP contribution is -1.91. The van der Waals surface area contributed by atoms with Gasteiger partial charge in [0.1, 0.15) is 5.76 Å². The molecule has 0 fully saturated rings. The van der Waals surface area contributed by atoms with E-state index in [2.05, 4.69) is 15.3 Å². The Balaban J connectivity index is 1.87. The molecule has 3 rings (SSSR count). The van der Waals surface area contributed by atoms with Gasteiger partial charge in [0.15, 0.2) is 0 Å². The first-order valence-electron chi connectivity index (χ1n) is 5.52. The molecule has 0 atom stereocenters. The van der Waals surface area contributed by atoms with Crippen LogP contribution in [0.15, 0.2) is 26.6 Å². The predicted octanol–water partition coefficient (Wildman–Crippen LogP) is 2.99. The highest BCUT2D eigenvalue weighted by Gasteiger charge is 2.15. The zero-order valence-corrected chi connectivity index (χ0v) is 10.8. The fourth-order valence-corrected chi connectivity index (χ4v) is 2.39. The Hall–Kier alpha value is -1.95. The number of hydrogen-bond acceptors (Lipinski definition) is 6. The molecule has 0 amide bonds. The fourth-order valence-electron chi connectivity index (χ4n) is 1.74. The topological polar surface area (TPSA) is 65.0 Å². The summed E-state index contributed by atoms with van der Waals surface area (Å²) in [5.74, 6) is 2.00. The van der Waals surface area contributed by atoms with Gasteiger partial charge in [-0.05, 0) is 25.3 Å². The molecule has 0 aliphatic rings. The van der Waals surface area contributed by atoms with Gasteiger partial charge in [0.25, 0.3) is 0 Å². The molecule has 0 radical (unpaired) electrons. The maximum atomic E-state index is 5.25. The third-order valence-corrected chi connectivity index (χ3v) is 3.58. The first-order valence-corrected chi connectivity index (χ1v) is 6.40. The van der Waals surface area contributed by atoms with Crippen LogP contribution in [0.1, 0.15) is 22.9 Å². The number of hydrogen-bond donors (Lipinski definition) is 0. The third kappa shape index (κ3) is 1.95. The van der Waals surface area contributed by atoms with Crippen LogP contribution >= 0.6 is 11.3 Å². The van der Waals surface area contributed by atoms with Crippen LogP contribution < -0.4 is 0 Å². The molecule has 18 heavy (non-hydrogen) atoms. The van der Waals surface area contributed by atoms with Crippen LogP contribution in [-0.4, -0.2) is 15.3 Å². The van der Waals surface area contributed by atoms with E-state index in [1.807, 2.05) is 31.4 Å². The number of aromatic nitrogens is 3. The minimum Gasteiger partial charge on any atom is -0.361 e. The van der Waals surface area contributed by atoms with E-state index in [1.165, 1.54) is 0 Å². The molecule has 0 bridgehead atoms. The third-order valence-electron chi connectivity index (χ3n) is 2.72. The molecule has 5 nitrogen and oxygen atoms in total. The zero-order chi connectivity index (χ0) is 12.5. The second-order valence-electron chi connectivity index (χ2n) is 3.97. The van der Waals surface area contributed by atoms with Gasteiger partial charge in [0.05, 0.1) is 17.0 Å². The molecule has 0 aliphatic heterocycles. The first-order chi connectivity index (χ1) is 8.74. The Kier molecular flexibility index (Phi) is 2.71. The van der Waals surface area contributed by atoms with E-state index in [4.69, 9.17) is 9.05 Å². The number of nitrogens with zero attached hydrogens (tertiary/aromatic N) is 3. The van der Waals surface area contributed by atoms with Crippen LogP contribution in [0.2, 0.25) is 0 Å². The van der Waals surface area contributed by atoms with Crippen LogP contribution in [0.3, 0.4) is 0 Å². The summed E-state index contributed by atoms with van der Waals surface area (Å²) < 4.78 is 10.4. The molecule has 0 N–H and O–H groups in total. The summed E-state index contributed by atoms with van der Waals surface area (Å²) in [5, 5.41) is 9.86. The van der Waals surface area contributed by atoms with Crippen LogP contribution in [0.5, 0.6) is 0 Å². The van der Waals surface area contributed by atoms with Crippen LogP contribution in [0.25, 0.3) is 10.7 Å². The van der Waals surface area contributed by atoms with Crippen molar-refractivity contribution in [1.29, 1.82) is 0 Å². The molecular weight excluding hydrogens is 250 g/mol. The summed E-state index contributed by atoms with van der Waals surface area (Å²) in [7, 11) is 0. The summed E-state index contributed by atoms with van der Waals surface area (Å²) in [4.78, 5) is 5.38. The Morgan fingerprint density at radius 2 is 2.11 bits per heavy atom. The maximum Gasteiger partial charge on any atom is 0.231 e. The van der Waals surface area contributed by atoms with Crippen molar-refractivity contribution in [2.45, 2.75) is 20.3 Å². The number of thiophene rings is 1. The highest BCUT2D eigenvalue weighted by atomic mass is 32.1. The second kappa shape index (κ2) is 4.38. The minimum absolute atomic E-state index is 0.555. The summed E-state index contributed by atoms with van der Waals surface area (Å²) in [6.45, 7) is 3.79. The van der Waals surface area contributed by atoms with Crippen molar-refractivity contribution < 1.29 is 9.05 Å². The Morgan fingerprint density at radius 1 is 1.22 bits per heavy atom. The summed E-state index contributed by atoms with van der Waals surface area (Å²) in [6, 6.07) is 3.93. The molecule has 0 saturated carbocycles. The molecule has 3 aromatic heterocycles. The molecule has 6 heteroatoms. The van der Waals surface area contributed by atoms with E-state index in [0.717, 1.165) is 21.9 Å². The molecule has 3 heterocycles. The average molecular weight is 261 g/mol. The quantitative estimate of drug-likeness (QED) is 0.725. The SMILES string of the molecule is Cc1noc(C)c1Cc1nc(-c2cccs2)no1. The second-order valence-corrected chi connectivity index (χ2v) is 4.92. The summed E-state index contributed by atoms with van der Waals surface area (Å²) >= 11 is 1.59. The standard InChI is InChI=1S/C12H11N3O2S/c1-7-9(8(2)16-14-7)6-11-13-12(15-17-11)10-4-3-5-18-10/h3-5H,6H2,1-2H3. The minimum atomic E-state index is 0.555. The molecular formula is C12H11N3O2S. The molecule has 3 aromatic rings. The van der Waals surface area contributed by atoms with E-state index >= 15 is 0 Å². The largest absolute Gasteiger partial charge is 0.361 e. The van der Waals surface area contributed by atoms with Gasteiger partial charge in [-0.1, -0.05) is 16.4 Å². The smallest absolute Gasteiger partial charge is 0.231 e.